The number of carbonyl (C=O) groups excluding carboxylic acids is 1. The summed E-state index contributed by atoms with van der Waals surface area (Å²) in [5.41, 5.74) is 8.27. The first-order chi connectivity index (χ1) is 16.4. The molecule has 2 aliphatic heterocycles. The van der Waals surface area contributed by atoms with Crippen LogP contribution in [0.5, 0.6) is 5.75 Å². The molecule has 184 valence electrons. The second kappa shape index (κ2) is 12.0. The summed E-state index contributed by atoms with van der Waals surface area (Å²) < 4.78 is 6.18. The van der Waals surface area contributed by atoms with Crippen molar-refractivity contribution in [1.82, 2.24) is 9.80 Å². The fourth-order valence-corrected chi connectivity index (χ4v) is 5.57. The van der Waals surface area contributed by atoms with E-state index in [4.69, 9.17) is 45.3 Å². The Labute approximate surface area is 217 Å². The third-order valence-corrected chi connectivity index (χ3v) is 7.68. The maximum absolute atomic E-state index is 13.0. The third kappa shape index (κ3) is 6.58. The molecule has 2 fully saturated rings. The molecule has 2 aromatic carbocycles. The number of ether oxygens (including phenoxy) is 1. The zero-order valence-corrected chi connectivity index (χ0v) is 21.6. The van der Waals surface area contributed by atoms with Crippen molar-refractivity contribution in [3.63, 3.8) is 0 Å². The molecule has 0 aliphatic carbocycles. The summed E-state index contributed by atoms with van der Waals surface area (Å²) in [5, 5.41) is 1.78. The molecule has 2 N–H and O–H groups in total. The number of amides is 1. The van der Waals surface area contributed by atoms with Crippen LogP contribution in [0.25, 0.3) is 0 Å². The molecule has 2 saturated heterocycles. The van der Waals surface area contributed by atoms with Crippen molar-refractivity contribution in [3.8, 4) is 5.75 Å². The van der Waals surface area contributed by atoms with Crippen molar-refractivity contribution < 1.29 is 9.53 Å². The summed E-state index contributed by atoms with van der Waals surface area (Å²) in [6.45, 7) is 5.25. The van der Waals surface area contributed by atoms with Crippen molar-refractivity contribution in [2.45, 2.75) is 44.1 Å². The third-order valence-electron chi connectivity index (χ3n) is 6.86. The Morgan fingerprint density at radius 1 is 1.00 bits per heavy atom. The van der Waals surface area contributed by atoms with Gasteiger partial charge in [0.1, 0.15) is 12.4 Å². The van der Waals surface area contributed by atoms with Gasteiger partial charge in [-0.15, -0.1) is 0 Å². The van der Waals surface area contributed by atoms with Gasteiger partial charge in [0.2, 0.25) is 5.91 Å². The largest absolute Gasteiger partial charge is 0.492 e. The van der Waals surface area contributed by atoms with E-state index in [-0.39, 0.29) is 5.91 Å². The van der Waals surface area contributed by atoms with Gasteiger partial charge < -0.3 is 15.4 Å². The first-order valence-electron chi connectivity index (χ1n) is 12.0. The van der Waals surface area contributed by atoms with Crippen molar-refractivity contribution in [1.29, 1.82) is 0 Å². The number of benzene rings is 2. The number of hydrogen-bond acceptors (Lipinski definition) is 4. The van der Waals surface area contributed by atoms with Crippen LogP contribution in [0.2, 0.25) is 15.1 Å². The molecule has 2 aliphatic rings. The maximum atomic E-state index is 13.0. The molecular formula is C26H32Cl3N3O2. The zero-order chi connectivity index (χ0) is 24.1. The average Bonchev–Trinajstić information content (AvgIpc) is 3.34. The van der Waals surface area contributed by atoms with Crippen molar-refractivity contribution in [3.05, 3.63) is 62.6 Å². The SMILES string of the molecule is N[C@H](Cc1ccc(Cl)cc1Cl)C(=O)N1CCC(c2ccc(Cl)cc2OCCN2CCCC2)CC1. The van der Waals surface area contributed by atoms with Crippen LogP contribution in [-0.2, 0) is 11.2 Å². The van der Waals surface area contributed by atoms with E-state index in [2.05, 4.69) is 11.0 Å². The molecule has 0 spiro atoms. The van der Waals surface area contributed by atoms with Crippen LogP contribution in [0.15, 0.2) is 36.4 Å². The predicted octanol–water partition coefficient (Wildman–Crippen LogP) is 5.40. The lowest BCUT2D eigenvalue weighted by Crippen LogP contribution is -2.47. The molecule has 0 aromatic heterocycles. The molecule has 0 unspecified atom stereocenters. The summed E-state index contributed by atoms with van der Waals surface area (Å²) >= 11 is 18.5. The van der Waals surface area contributed by atoms with E-state index < -0.39 is 6.04 Å². The molecule has 2 heterocycles. The summed E-state index contributed by atoms with van der Waals surface area (Å²) in [6.07, 6.45) is 4.67. The summed E-state index contributed by atoms with van der Waals surface area (Å²) in [7, 11) is 0. The second-order valence-electron chi connectivity index (χ2n) is 9.23. The molecule has 1 amide bonds. The summed E-state index contributed by atoms with van der Waals surface area (Å²) in [5.74, 6) is 1.15. The fourth-order valence-electron chi connectivity index (χ4n) is 4.92. The first-order valence-corrected chi connectivity index (χ1v) is 13.2. The highest BCUT2D eigenvalue weighted by atomic mass is 35.5. The lowest BCUT2D eigenvalue weighted by Gasteiger charge is -2.34. The Morgan fingerprint density at radius 3 is 2.38 bits per heavy atom. The lowest BCUT2D eigenvalue weighted by molar-refractivity contribution is -0.133. The molecule has 8 heteroatoms. The highest BCUT2D eigenvalue weighted by Gasteiger charge is 2.29. The van der Waals surface area contributed by atoms with Crippen LogP contribution in [-0.4, -0.2) is 61.1 Å². The number of rotatable bonds is 8. The van der Waals surface area contributed by atoms with Gasteiger partial charge in [-0.25, -0.2) is 0 Å². The van der Waals surface area contributed by atoms with E-state index in [1.165, 1.54) is 18.4 Å². The molecule has 34 heavy (non-hydrogen) atoms. The monoisotopic (exact) mass is 523 g/mol. The van der Waals surface area contributed by atoms with Gasteiger partial charge in [0, 0.05) is 34.7 Å². The molecule has 4 rings (SSSR count). The van der Waals surface area contributed by atoms with Gasteiger partial charge in [-0.1, -0.05) is 46.9 Å². The Morgan fingerprint density at radius 2 is 1.68 bits per heavy atom. The number of nitrogens with zero attached hydrogens (tertiary/aromatic N) is 2. The number of nitrogens with two attached hydrogens (primary N) is 1. The van der Waals surface area contributed by atoms with Crippen LogP contribution in [0.1, 0.15) is 42.7 Å². The van der Waals surface area contributed by atoms with Gasteiger partial charge in [-0.2, -0.15) is 0 Å². The minimum absolute atomic E-state index is 0.0392. The summed E-state index contributed by atoms with van der Waals surface area (Å²) in [4.78, 5) is 17.3. The van der Waals surface area contributed by atoms with Crippen LogP contribution < -0.4 is 10.5 Å². The van der Waals surface area contributed by atoms with Crippen molar-refractivity contribution in [2.24, 2.45) is 5.73 Å². The smallest absolute Gasteiger partial charge is 0.239 e. The molecule has 0 radical (unpaired) electrons. The molecule has 2 aromatic rings. The van der Waals surface area contributed by atoms with Gasteiger partial charge in [0.15, 0.2) is 0 Å². The van der Waals surface area contributed by atoms with Crippen LogP contribution >= 0.6 is 34.8 Å². The maximum Gasteiger partial charge on any atom is 0.239 e. The number of likely N-dealkylation sites (tertiary alicyclic amines) is 2. The van der Waals surface area contributed by atoms with Crippen molar-refractivity contribution in [2.75, 3.05) is 39.3 Å². The van der Waals surface area contributed by atoms with E-state index in [1.54, 1.807) is 12.1 Å². The Bertz CT molecular complexity index is 989. The van der Waals surface area contributed by atoms with E-state index in [9.17, 15) is 4.79 Å². The molecule has 0 bridgehead atoms. The topological polar surface area (TPSA) is 58.8 Å². The summed E-state index contributed by atoms with van der Waals surface area (Å²) in [6, 6.07) is 10.6. The number of piperidine rings is 1. The zero-order valence-electron chi connectivity index (χ0n) is 19.3. The quantitative estimate of drug-likeness (QED) is 0.502. The Balaban J connectivity index is 1.32. The molecule has 1 atom stereocenters. The van der Waals surface area contributed by atoms with Gasteiger partial charge in [-0.3, -0.25) is 9.69 Å². The van der Waals surface area contributed by atoms with Gasteiger partial charge in [-0.05, 0) is 86.5 Å². The van der Waals surface area contributed by atoms with E-state index in [0.717, 1.165) is 43.8 Å². The fraction of sp³-hybridized carbons (Fsp3) is 0.500. The normalized spacial score (nSPS) is 18.3. The van der Waals surface area contributed by atoms with Crippen LogP contribution in [0, 0.1) is 0 Å². The van der Waals surface area contributed by atoms with Crippen LogP contribution in [0.4, 0.5) is 0 Å². The predicted molar refractivity (Wildman–Crippen MR) is 139 cm³/mol. The van der Waals surface area contributed by atoms with E-state index in [1.807, 2.05) is 23.1 Å². The molecule has 0 saturated carbocycles. The van der Waals surface area contributed by atoms with Gasteiger partial charge in [0.05, 0.1) is 6.04 Å². The first kappa shape index (κ1) is 25.6. The minimum atomic E-state index is -0.629. The lowest BCUT2D eigenvalue weighted by atomic mass is 9.88. The number of halogens is 3. The van der Waals surface area contributed by atoms with E-state index in [0.29, 0.717) is 47.1 Å². The Kier molecular flexibility index (Phi) is 9.00. The number of carbonyl (C=O) groups is 1. The highest BCUT2D eigenvalue weighted by Crippen LogP contribution is 2.36. The molecule has 5 nitrogen and oxygen atoms in total. The molecular weight excluding hydrogens is 493 g/mol. The van der Waals surface area contributed by atoms with Gasteiger partial charge >= 0.3 is 0 Å². The van der Waals surface area contributed by atoms with Crippen molar-refractivity contribution >= 4 is 40.7 Å². The number of hydrogen-bond donors (Lipinski definition) is 1. The standard InChI is InChI=1S/C26H32Cl3N3O2/c27-20-4-3-19(23(29)16-20)15-24(30)26(33)32-11-7-18(8-12-32)22-6-5-21(28)17-25(22)34-14-13-31-9-1-2-10-31/h3-6,16-18,24H,1-2,7-15,30H2/t24-/m1/s1. The van der Waals surface area contributed by atoms with E-state index >= 15 is 0 Å². The minimum Gasteiger partial charge on any atom is -0.492 e. The average molecular weight is 525 g/mol. The highest BCUT2D eigenvalue weighted by molar-refractivity contribution is 6.35. The Hall–Kier alpha value is -1.50. The van der Waals surface area contributed by atoms with Gasteiger partial charge in [0.25, 0.3) is 0 Å². The second-order valence-corrected chi connectivity index (χ2v) is 10.5. The van der Waals surface area contributed by atoms with Crippen LogP contribution in [0.3, 0.4) is 0 Å².